The summed E-state index contributed by atoms with van der Waals surface area (Å²) in [5.41, 5.74) is 8.14. The molecule has 0 fully saturated rings. The molecule has 1 rings (SSSR count). The Labute approximate surface area is 104 Å². The summed E-state index contributed by atoms with van der Waals surface area (Å²) in [5.74, 6) is -0.0555. The zero-order valence-electron chi connectivity index (χ0n) is 11.4. The third-order valence-corrected chi connectivity index (χ3v) is 3.04. The minimum Gasteiger partial charge on any atom is -0.330 e. The Morgan fingerprint density at radius 2 is 1.82 bits per heavy atom. The zero-order valence-corrected chi connectivity index (χ0v) is 11.4. The molecule has 0 amide bonds. The SMILES string of the molecule is Cc1cc(CCCCN)cc(C(C)(C)C)c1F. The number of benzene rings is 1. The molecular weight excluding hydrogens is 213 g/mol. The molecule has 0 saturated carbocycles. The molecule has 2 N–H and O–H groups in total. The van der Waals surface area contributed by atoms with Crippen LogP contribution in [0.4, 0.5) is 4.39 Å². The van der Waals surface area contributed by atoms with Crippen LogP contribution in [0.3, 0.4) is 0 Å². The van der Waals surface area contributed by atoms with Crippen LogP contribution in [0, 0.1) is 12.7 Å². The molecule has 0 aromatic heterocycles. The number of halogens is 1. The molecule has 0 saturated heterocycles. The van der Waals surface area contributed by atoms with Gasteiger partial charge < -0.3 is 5.73 Å². The highest BCUT2D eigenvalue weighted by Crippen LogP contribution is 2.28. The van der Waals surface area contributed by atoms with Crippen molar-refractivity contribution in [2.75, 3.05) is 6.54 Å². The van der Waals surface area contributed by atoms with Gasteiger partial charge in [-0.25, -0.2) is 4.39 Å². The van der Waals surface area contributed by atoms with E-state index in [1.165, 1.54) is 5.56 Å². The standard InChI is InChI=1S/C15H24FN/c1-11-9-12(7-5-6-8-17)10-13(14(11)16)15(2,3)4/h9-10H,5-8,17H2,1-4H3. The minimum atomic E-state index is -0.140. The molecule has 0 bridgehead atoms. The van der Waals surface area contributed by atoms with Crippen LogP contribution in [0.5, 0.6) is 0 Å². The molecule has 0 aliphatic carbocycles. The van der Waals surface area contributed by atoms with E-state index >= 15 is 0 Å². The predicted octanol–water partition coefficient (Wildman–Crippen LogP) is 3.71. The summed E-state index contributed by atoms with van der Waals surface area (Å²) >= 11 is 0. The van der Waals surface area contributed by atoms with Crippen molar-refractivity contribution in [2.24, 2.45) is 5.73 Å². The first-order valence-electron chi connectivity index (χ1n) is 6.36. The fourth-order valence-electron chi connectivity index (χ4n) is 2.01. The number of unbranched alkanes of at least 4 members (excludes halogenated alkanes) is 1. The monoisotopic (exact) mass is 237 g/mol. The molecule has 0 atom stereocenters. The van der Waals surface area contributed by atoms with Gasteiger partial charge in [-0.1, -0.05) is 32.9 Å². The Morgan fingerprint density at radius 3 is 2.35 bits per heavy atom. The average molecular weight is 237 g/mol. The van der Waals surface area contributed by atoms with E-state index in [-0.39, 0.29) is 11.2 Å². The van der Waals surface area contributed by atoms with Gasteiger partial charge in [0.05, 0.1) is 0 Å². The number of nitrogens with two attached hydrogens (primary N) is 1. The van der Waals surface area contributed by atoms with Gasteiger partial charge in [0.15, 0.2) is 0 Å². The Bertz CT molecular complexity index is 377. The molecule has 1 aromatic rings. The summed E-state index contributed by atoms with van der Waals surface area (Å²) in [7, 11) is 0. The summed E-state index contributed by atoms with van der Waals surface area (Å²) < 4.78 is 14.0. The van der Waals surface area contributed by atoms with Crippen LogP contribution in [-0.2, 0) is 11.8 Å². The van der Waals surface area contributed by atoms with Crippen LogP contribution >= 0.6 is 0 Å². The first-order chi connectivity index (χ1) is 7.86. The van der Waals surface area contributed by atoms with E-state index in [0.717, 1.165) is 36.9 Å². The van der Waals surface area contributed by atoms with E-state index in [1.807, 2.05) is 19.1 Å². The van der Waals surface area contributed by atoms with Crippen LogP contribution in [-0.4, -0.2) is 6.54 Å². The molecule has 0 radical (unpaired) electrons. The smallest absolute Gasteiger partial charge is 0.129 e. The second-order valence-electron chi connectivity index (χ2n) is 5.77. The number of aryl methyl sites for hydroxylation is 2. The molecular formula is C15H24FN. The highest BCUT2D eigenvalue weighted by molar-refractivity contribution is 5.35. The average Bonchev–Trinajstić information content (AvgIpc) is 2.21. The van der Waals surface area contributed by atoms with Gasteiger partial charge in [-0.2, -0.15) is 0 Å². The lowest BCUT2D eigenvalue weighted by Gasteiger charge is -2.22. The van der Waals surface area contributed by atoms with Gasteiger partial charge in [-0.3, -0.25) is 0 Å². The maximum atomic E-state index is 14.0. The van der Waals surface area contributed by atoms with Gasteiger partial charge in [-0.15, -0.1) is 0 Å². The number of hydrogen-bond acceptors (Lipinski definition) is 1. The van der Waals surface area contributed by atoms with E-state index in [1.54, 1.807) is 0 Å². The van der Waals surface area contributed by atoms with E-state index < -0.39 is 0 Å². The Balaban J connectivity index is 2.98. The molecule has 2 heteroatoms. The molecule has 0 heterocycles. The largest absolute Gasteiger partial charge is 0.330 e. The summed E-state index contributed by atoms with van der Waals surface area (Å²) in [4.78, 5) is 0. The van der Waals surface area contributed by atoms with Crippen molar-refractivity contribution in [3.63, 3.8) is 0 Å². The first-order valence-corrected chi connectivity index (χ1v) is 6.36. The Kier molecular flexibility index (Phi) is 4.70. The fraction of sp³-hybridized carbons (Fsp3) is 0.600. The molecule has 0 spiro atoms. The molecule has 0 aliphatic rings. The van der Waals surface area contributed by atoms with Crippen molar-refractivity contribution < 1.29 is 4.39 Å². The normalized spacial score (nSPS) is 11.9. The highest BCUT2D eigenvalue weighted by Gasteiger charge is 2.20. The van der Waals surface area contributed by atoms with Crippen LogP contribution in [0.25, 0.3) is 0 Å². The topological polar surface area (TPSA) is 26.0 Å². The summed E-state index contributed by atoms with van der Waals surface area (Å²) in [6, 6.07) is 3.97. The van der Waals surface area contributed by atoms with Crippen molar-refractivity contribution in [3.05, 3.63) is 34.6 Å². The van der Waals surface area contributed by atoms with Crippen LogP contribution < -0.4 is 5.73 Å². The fourth-order valence-corrected chi connectivity index (χ4v) is 2.01. The van der Waals surface area contributed by atoms with Gasteiger partial charge in [-0.05, 0) is 54.8 Å². The number of hydrogen-bond donors (Lipinski definition) is 1. The number of rotatable bonds is 4. The second kappa shape index (κ2) is 5.63. The van der Waals surface area contributed by atoms with Crippen molar-refractivity contribution in [1.29, 1.82) is 0 Å². The maximum Gasteiger partial charge on any atom is 0.129 e. The molecule has 1 aromatic carbocycles. The molecule has 0 unspecified atom stereocenters. The van der Waals surface area contributed by atoms with Crippen LogP contribution in [0.2, 0.25) is 0 Å². The maximum absolute atomic E-state index is 14.0. The molecule has 96 valence electrons. The lowest BCUT2D eigenvalue weighted by atomic mass is 9.84. The van der Waals surface area contributed by atoms with E-state index in [4.69, 9.17) is 5.73 Å². The second-order valence-corrected chi connectivity index (χ2v) is 5.77. The van der Waals surface area contributed by atoms with Crippen LogP contribution in [0.1, 0.15) is 50.3 Å². The van der Waals surface area contributed by atoms with Crippen LogP contribution in [0.15, 0.2) is 12.1 Å². The molecule has 1 nitrogen and oxygen atoms in total. The van der Waals surface area contributed by atoms with Crippen molar-refractivity contribution in [3.8, 4) is 0 Å². The van der Waals surface area contributed by atoms with Crippen molar-refractivity contribution in [2.45, 2.75) is 52.4 Å². The summed E-state index contributed by atoms with van der Waals surface area (Å²) in [5, 5.41) is 0. The van der Waals surface area contributed by atoms with E-state index in [9.17, 15) is 4.39 Å². The lowest BCUT2D eigenvalue weighted by Crippen LogP contribution is -2.15. The predicted molar refractivity (Wildman–Crippen MR) is 71.8 cm³/mol. The first kappa shape index (κ1) is 14.2. The highest BCUT2D eigenvalue weighted by atomic mass is 19.1. The summed E-state index contributed by atoms with van der Waals surface area (Å²) in [6.45, 7) is 8.72. The Hall–Kier alpha value is -0.890. The van der Waals surface area contributed by atoms with Gasteiger partial charge in [0.1, 0.15) is 5.82 Å². The van der Waals surface area contributed by atoms with Crippen molar-refractivity contribution >= 4 is 0 Å². The third kappa shape index (κ3) is 3.81. The minimum absolute atomic E-state index is 0.0555. The Morgan fingerprint density at radius 1 is 1.18 bits per heavy atom. The quantitative estimate of drug-likeness (QED) is 0.794. The lowest BCUT2D eigenvalue weighted by molar-refractivity contribution is 0.517. The summed E-state index contributed by atoms with van der Waals surface area (Å²) in [6.07, 6.45) is 3.09. The van der Waals surface area contributed by atoms with Gasteiger partial charge in [0.2, 0.25) is 0 Å². The van der Waals surface area contributed by atoms with Gasteiger partial charge >= 0.3 is 0 Å². The van der Waals surface area contributed by atoms with E-state index in [2.05, 4.69) is 20.8 Å². The zero-order chi connectivity index (χ0) is 13.1. The van der Waals surface area contributed by atoms with E-state index in [0.29, 0.717) is 0 Å². The molecule has 17 heavy (non-hydrogen) atoms. The third-order valence-electron chi connectivity index (χ3n) is 3.04. The molecule has 0 aliphatic heterocycles. The van der Waals surface area contributed by atoms with Crippen molar-refractivity contribution in [1.82, 2.24) is 0 Å². The van der Waals surface area contributed by atoms with Gasteiger partial charge in [0, 0.05) is 0 Å². The van der Waals surface area contributed by atoms with Gasteiger partial charge in [0.25, 0.3) is 0 Å².